The molecular weight excluding hydrogens is 344 g/mol. The van der Waals surface area contributed by atoms with Crippen molar-refractivity contribution in [2.24, 2.45) is 0 Å². The van der Waals surface area contributed by atoms with Crippen molar-refractivity contribution in [2.75, 3.05) is 23.9 Å². The minimum atomic E-state index is 0.649. The van der Waals surface area contributed by atoms with Crippen LogP contribution in [-0.2, 0) is 0 Å². The summed E-state index contributed by atoms with van der Waals surface area (Å²) in [5.74, 6) is 0. The first-order valence-corrected chi connectivity index (χ1v) is 10.8. The molecule has 28 heavy (non-hydrogen) atoms. The molecule has 154 valence electrons. The minimum Gasteiger partial charge on any atom is -0.301 e. The number of benzene rings is 2. The van der Waals surface area contributed by atoms with Crippen LogP contribution in [0, 0.1) is 0 Å². The molecule has 0 saturated heterocycles. The number of nitrogens with one attached hydrogen (secondary N) is 2. The molecule has 2 aromatic carbocycles. The summed E-state index contributed by atoms with van der Waals surface area (Å²) in [6.45, 7) is 11.4. The Morgan fingerprint density at radius 1 is 0.679 bits per heavy atom. The smallest absolute Gasteiger partial charge is 0.0507 e. The summed E-state index contributed by atoms with van der Waals surface area (Å²) in [5, 5.41) is 2.10. The lowest BCUT2D eigenvalue weighted by Gasteiger charge is -2.34. The van der Waals surface area contributed by atoms with Gasteiger partial charge in [0.1, 0.15) is 0 Å². The molecule has 0 amide bonds. The highest BCUT2D eigenvalue weighted by molar-refractivity contribution is 5.45. The van der Waals surface area contributed by atoms with Gasteiger partial charge in [0.15, 0.2) is 0 Å². The Bertz CT molecular complexity index is 580. The lowest BCUT2D eigenvalue weighted by Crippen LogP contribution is -2.41. The number of hydrogen-bond acceptors (Lipinski definition) is 4. The second-order valence-corrected chi connectivity index (χ2v) is 7.57. The Morgan fingerprint density at radius 3 is 1.54 bits per heavy atom. The molecule has 0 aliphatic heterocycles. The van der Waals surface area contributed by atoms with Crippen LogP contribution < -0.4 is 10.9 Å². The van der Waals surface area contributed by atoms with E-state index < -0.39 is 0 Å². The zero-order chi connectivity index (χ0) is 20.2. The van der Waals surface area contributed by atoms with E-state index in [0.29, 0.717) is 12.1 Å². The number of rotatable bonds is 13. The van der Waals surface area contributed by atoms with Gasteiger partial charge >= 0.3 is 0 Å². The summed E-state index contributed by atoms with van der Waals surface area (Å²) in [6, 6.07) is 22.0. The van der Waals surface area contributed by atoms with Gasteiger partial charge in [-0.15, -0.1) is 5.12 Å². The summed E-state index contributed by atoms with van der Waals surface area (Å²) in [6.07, 6.45) is 4.74. The summed E-state index contributed by atoms with van der Waals surface area (Å²) in [5.41, 5.74) is 9.16. The molecule has 0 spiro atoms. The Labute approximate surface area is 171 Å². The van der Waals surface area contributed by atoms with Crippen LogP contribution >= 0.6 is 0 Å². The van der Waals surface area contributed by atoms with Gasteiger partial charge in [0.2, 0.25) is 0 Å². The van der Waals surface area contributed by atoms with Gasteiger partial charge in [-0.3, -0.25) is 4.90 Å². The summed E-state index contributed by atoms with van der Waals surface area (Å²) in [7, 11) is 0. The van der Waals surface area contributed by atoms with E-state index >= 15 is 0 Å². The van der Waals surface area contributed by atoms with Crippen LogP contribution in [0.5, 0.6) is 0 Å². The Morgan fingerprint density at radius 2 is 1.11 bits per heavy atom. The lowest BCUT2D eigenvalue weighted by molar-refractivity contribution is 0.142. The van der Waals surface area contributed by atoms with Gasteiger partial charge in [0.05, 0.1) is 11.4 Å². The Balaban J connectivity index is 1.90. The fourth-order valence-electron chi connectivity index (χ4n) is 3.39. The molecule has 4 nitrogen and oxygen atoms in total. The molecule has 0 fully saturated rings. The Hall–Kier alpha value is -2.04. The van der Waals surface area contributed by atoms with Crippen LogP contribution in [0.3, 0.4) is 0 Å². The van der Waals surface area contributed by atoms with Crippen molar-refractivity contribution in [1.29, 1.82) is 0 Å². The first kappa shape index (κ1) is 22.3. The van der Waals surface area contributed by atoms with Gasteiger partial charge < -0.3 is 10.9 Å². The number of hydrogen-bond donors (Lipinski definition) is 2. The van der Waals surface area contributed by atoms with Gasteiger partial charge in [-0.1, -0.05) is 50.2 Å². The van der Waals surface area contributed by atoms with Crippen molar-refractivity contribution < 1.29 is 0 Å². The second-order valence-electron chi connectivity index (χ2n) is 7.57. The third-order valence-electron chi connectivity index (χ3n) is 5.44. The topological polar surface area (TPSA) is 30.5 Å². The SMILES string of the molecule is CCC(C)N(CCCCN(Nc1ccccc1)Nc1ccccc1)C(C)CC. The van der Waals surface area contributed by atoms with E-state index in [-0.39, 0.29) is 0 Å². The molecule has 0 saturated carbocycles. The average molecular weight is 383 g/mol. The van der Waals surface area contributed by atoms with Gasteiger partial charge in [-0.25, -0.2) is 0 Å². The molecule has 2 rings (SSSR count). The van der Waals surface area contributed by atoms with Gasteiger partial charge in [-0.2, -0.15) is 0 Å². The number of unbranched alkanes of at least 4 members (excludes halogenated alkanes) is 1. The molecule has 2 aromatic rings. The van der Waals surface area contributed by atoms with Gasteiger partial charge in [-0.05, 0) is 70.3 Å². The Kier molecular flexibility index (Phi) is 9.87. The fraction of sp³-hybridized carbons (Fsp3) is 0.500. The highest BCUT2D eigenvalue weighted by Crippen LogP contribution is 2.14. The largest absolute Gasteiger partial charge is 0.301 e. The molecular formula is C24H38N4. The summed E-state index contributed by atoms with van der Waals surface area (Å²) < 4.78 is 0. The molecule has 2 N–H and O–H groups in total. The molecule has 0 radical (unpaired) electrons. The molecule has 2 unspecified atom stereocenters. The second kappa shape index (κ2) is 12.4. The zero-order valence-corrected chi connectivity index (χ0v) is 18.1. The van der Waals surface area contributed by atoms with Crippen LogP contribution in [0.1, 0.15) is 53.4 Å². The first-order chi connectivity index (χ1) is 13.6. The van der Waals surface area contributed by atoms with E-state index in [1.807, 2.05) is 12.1 Å². The van der Waals surface area contributed by atoms with Gasteiger partial charge in [0, 0.05) is 18.6 Å². The maximum Gasteiger partial charge on any atom is 0.0507 e. The minimum absolute atomic E-state index is 0.649. The van der Waals surface area contributed by atoms with E-state index in [9.17, 15) is 0 Å². The highest BCUT2D eigenvalue weighted by atomic mass is 15.7. The average Bonchev–Trinajstić information content (AvgIpc) is 2.74. The maximum atomic E-state index is 3.49. The van der Waals surface area contributed by atoms with E-state index in [2.05, 4.69) is 97.1 Å². The normalized spacial score (nSPS) is 13.5. The van der Waals surface area contributed by atoms with E-state index in [0.717, 1.165) is 30.9 Å². The van der Waals surface area contributed by atoms with E-state index in [4.69, 9.17) is 0 Å². The zero-order valence-electron chi connectivity index (χ0n) is 18.1. The lowest BCUT2D eigenvalue weighted by atomic mass is 10.1. The van der Waals surface area contributed by atoms with Crippen LogP contribution in [0.2, 0.25) is 0 Å². The third-order valence-corrected chi connectivity index (χ3v) is 5.44. The van der Waals surface area contributed by atoms with Gasteiger partial charge in [0.25, 0.3) is 0 Å². The van der Waals surface area contributed by atoms with Crippen molar-refractivity contribution >= 4 is 11.4 Å². The van der Waals surface area contributed by atoms with Crippen molar-refractivity contribution in [3.63, 3.8) is 0 Å². The number of anilines is 2. The molecule has 0 aromatic heterocycles. The van der Waals surface area contributed by atoms with E-state index in [1.54, 1.807) is 0 Å². The van der Waals surface area contributed by atoms with Crippen LogP contribution in [0.4, 0.5) is 11.4 Å². The van der Waals surface area contributed by atoms with Crippen LogP contribution in [-0.4, -0.2) is 35.2 Å². The van der Waals surface area contributed by atoms with Crippen molar-refractivity contribution in [3.8, 4) is 0 Å². The standard InChI is InChI=1S/C24H38N4/c1-5-21(3)27(22(4)6-2)19-13-14-20-28(25-23-15-9-7-10-16-23)26-24-17-11-8-12-18-24/h7-12,15-18,21-22,25-26H,5-6,13-14,19-20H2,1-4H3. The molecule has 0 aliphatic carbocycles. The molecule has 0 bridgehead atoms. The first-order valence-electron chi connectivity index (χ1n) is 10.8. The monoisotopic (exact) mass is 382 g/mol. The van der Waals surface area contributed by atoms with Crippen molar-refractivity contribution in [1.82, 2.24) is 10.0 Å². The maximum absolute atomic E-state index is 3.49. The third kappa shape index (κ3) is 7.53. The van der Waals surface area contributed by atoms with E-state index in [1.165, 1.54) is 19.3 Å². The van der Waals surface area contributed by atoms with Crippen LogP contribution in [0.15, 0.2) is 60.7 Å². The predicted molar refractivity (Wildman–Crippen MR) is 122 cm³/mol. The quantitative estimate of drug-likeness (QED) is 0.327. The number of hydrazine groups is 2. The fourth-order valence-corrected chi connectivity index (χ4v) is 3.39. The molecule has 2 atom stereocenters. The summed E-state index contributed by atoms with van der Waals surface area (Å²) in [4.78, 5) is 2.67. The number of nitrogens with zero attached hydrogens (tertiary/aromatic N) is 2. The molecule has 0 aliphatic rings. The van der Waals surface area contributed by atoms with Crippen molar-refractivity contribution in [2.45, 2.75) is 65.5 Å². The van der Waals surface area contributed by atoms with Crippen LogP contribution in [0.25, 0.3) is 0 Å². The predicted octanol–water partition coefficient (Wildman–Crippen LogP) is 6.02. The highest BCUT2D eigenvalue weighted by Gasteiger charge is 2.17. The van der Waals surface area contributed by atoms with Crippen molar-refractivity contribution in [3.05, 3.63) is 60.7 Å². The molecule has 0 heterocycles. The molecule has 4 heteroatoms. The summed E-state index contributed by atoms with van der Waals surface area (Å²) >= 11 is 0. The number of para-hydroxylation sites is 2.